The number of aliphatic hydroxyl groups is 1. The van der Waals surface area contributed by atoms with Gasteiger partial charge in [0, 0.05) is 80.1 Å². The maximum Gasteiger partial charge on any atom is 0.274 e. The summed E-state index contributed by atoms with van der Waals surface area (Å²) >= 11 is 0. The van der Waals surface area contributed by atoms with Crippen LogP contribution in [0.5, 0.6) is 0 Å². The second kappa shape index (κ2) is 13.1. The number of anilines is 4. The second-order valence-corrected chi connectivity index (χ2v) is 14.5. The lowest BCUT2D eigenvalue weighted by atomic mass is 9.84. The Bertz CT molecular complexity index is 1850. The number of alkyl halides is 1. The van der Waals surface area contributed by atoms with Gasteiger partial charge < -0.3 is 29.5 Å². The quantitative estimate of drug-likeness (QED) is 0.381. The lowest BCUT2D eigenvalue weighted by Crippen LogP contribution is -2.63. The summed E-state index contributed by atoms with van der Waals surface area (Å²) in [5.41, 5.74) is 2.74. The lowest BCUT2D eigenvalue weighted by Gasteiger charge is -2.50. The Morgan fingerprint density at radius 2 is 1.86 bits per heavy atom. The topological polar surface area (TPSA) is 119 Å². The van der Waals surface area contributed by atoms with E-state index in [0.29, 0.717) is 46.3 Å². The van der Waals surface area contributed by atoms with E-state index in [0.717, 1.165) is 57.7 Å². The van der Waals surface area contributed by atoms with Crippen LogP contribution in [0.4, 0.5) is 27.4 Å². The van der Waals surface area contributed by atoms with Crippen LogP contribution < -0.4 is 20.7 Å². The largest absolute Gasteiger partial charge is 0.392 e. The molecule has 4 fully saturated rings. The van der Waals surface area contributed by atoms with Crippen LogP contribution in [0.15, 0.2) is 60.1 Å². The summed E-state index contributed by atoms with van der Waals surface area (Å²) in [5.74, 6) is 0.235. The summed E-state index contributed by atoms with van der Waals surface area (Å²) in [5, 5.41) is 13.8. The molecule has 4 aliphatic heterocycles. The summed E-state index contributed by atoms with van der Waals surface area (Å²) in [6.45, 7) is 7.54. The molecule has 7 heterocycles. The van der Waals surface area contributed by atoms with Gasteiger partial charge in [-0.05, 0) is 56.5 Å². The number of aromatic nitrogens is 3. The highest BCUT2D eigenvalue weighted by atomic mass is 19.1. The average Bonchev–Trinajstić information content (AvgIpc) is 3.39. The van der Waals surface area contributed by atoms with Gasteiger partial charge in [-0.3, -0.25) is 19.4 Å². The van der Waals surface area contributed by atoms with Crippen LogP contribution in [0.2, 0.25) is 0 Å². The first-order valence-corrected chi connectivity index (χ1v) is 17.8. The normalized spacial score (nSPS) is 28.4. The Kier molecular flexibility index (Phi) is 8.60. The molecular weight excluding hydrogens is 639 g/mol. The number of amides is 1. The van der Waals surface area contributed by atoms with Crippen LogP contribution in [0.25, 0.3) is 11.1 Å². The van der Waals surface area contributed by atoms with Gasteiger partial charge in [0.25, 0.3) is 11.5 Å². The molecule has 2 N–H and O–H groups in total. The van der Waals surface area contributed by atoms with Gasteiger partial charge in [0.05, 0.1) is 37.7 Å². The first kappa shape index (κ1) is 32.9. The number of aliphatic hydroxyl groups excluding tert-OH is 1. The highest BCUT2D eigenvalue weighted by molar-refractivity contribution is 6.01. The zero-order valence-corrected chi connectivity index (χ0v) is 28.8. The molecule has 4 unspecified atom stereocenters. The lowest BCUT2D eigenvalue weighted by molar-refractivity contribution is -0.123. The van der Waals surface area contributed by atoms with E-state index in [1.165, 1.54) is 9.47 Å². The SMILES string of the molecule is C[C@@H]1CN(c2ccc(Nc3cc(-c4ccnc(N5C=CN6C7CCCCC7C(F)C6C5=O)c4CO)cn(C)c3=O)nc2)[C@@H](C)CN1C1COC1. The maximum absolute atomic E-state index is 15.7. The number of aryl methyl sites for hydroxylation is 1. The van der Waals surface area contributed by atoms with Crippen LogP contribution in [0, 0.1) is 5.92 Å². The molecule has 8 rings (SSSR count). The number of carbonyl (C=O) groups is 1. The molecule has 50 heavy (non-hydrogen) atoms. The van der Waals surface area contributed by atoms with Gasteiger partial charge in [-0.25, -0.2) is 14.4 Å². The minimum Gasteiger partial charge on any atom is -0.392 e. The van der Waals surface area contributed by atoms with Crippen molar-refractivity contribution < 1.29 is 19.0 Å². The Balaban J connectivity index is 1.04. The summed E-state index contributed by atoms with van der Waals surface area (Å²) in [6.07, 6.45) is 11.0. The molecule has 6 atom stereocenters. The van der Waals surface area contributed by atoms with Crippen molar-refractivity contribution in [2.75, 3.05) is 41.4 Å². The van der Waals surface area contributed by atoms with E-state index in [9.17, 15) is 14.7 Å². The van der Waals surface area contributed by atoms with Gasteiger partial charge in [-0.15, -0.1) is 0 Å². The number of halogens is 1. The zero-order chi connectivity index (χ0) is 34.7. The molecule has 12 nitrogen and oxygen atoms in total. The number of piperazine rings is 1. The molecule has 5 aliphatic rings. The van der Waals surface area contributed by atoms with Crippen molar-refractivity contribution in [3.63, 3.8) is 0 Å². The molecule has 3 aromatic rings. The number of hydrogen-bond acceptors (Lipinski definition) is 10. The van der Waals surface area contributed by atoms with Crippen molar-refractivity contribution in [2.45, 2.75) is 82.5 Å². The standard InChI is InChI=1S/C37H45FN8O4/c1-22-17-46(26-20-50-21-26)23(2)16-45(22)25-8-9-32(40-15-25)41-30-14-24(18-42(3)36(30)48)27-10-11-39-35(29(27)19-47)44-13-12-43-31-7-5-4-6-28(31)33(38)34(43)37(44)49/h8-15,18,22-23,26,28,31,33-34,47H,4-7,16-17,19-21H2,1-3H3,(H,40,41)/t22-,23+,28?,31?,33?,34?/m0/s1. The van der Waals surface area contributed by atoms with E-state index in [-0.39, 0.29) is 29.2 Å². The highest BCUT2D eigenvalue weighted by Crippen LogP contribution is 2.44. The van der Waals surface area contributed by atoms with Crippen molar-refractivity contribution >= 4 is 28.9 Å². The second-order valence-electron chi connectivity index (χ2n) is 14.5. The maximum atomic E-state index is 15.7. The van der Waals surface area contributed by atoms with Gasteiger partial charge in [-0.1, -0.05) is 12.8 Å². The predicted octanol–water partition coefficient (Wildman–Crippen LogP) is 3.77. The van der Waals surface area contributed by atoms with E-state index in [1.54, 1.807) is 37.8 Å². The Morgan fingerprint density at radius 1 is 1.04 bits per heavy atom. The summed E-state index contributed by atoms with van der Waals surface area (Å²) in [4.78, 5) is 44.5. The number of nitrogens with zero attached hydrogens (tertiary/aromatic N) is 7. The van der Waals surface area contributed by atoms with Gasteiger partial charge in [0.1, 0.15) is 29.5 Å². The molecule has 3 aromatic heterocycles. The van der Waals surface area contributed by atoms with Crippen LogP contribution >= 0.6 is 0 Å². The smallest absolute Gasteiger partial charge is 0.274 e. The summed E-state index contributed by atoms with van der Waals surface area (Å²) in [6, 6.07) is 7.71. The Morgan fingerprint density at radius 3 is 2.60 bits per heavy atom. The van der Waals surface area contributed by atoms with E-state index < -0.39 is 18.8 Å². The molecule has 0 spiro atoms. The number of nitrogens with one attached hydrogen (secondary N) is 1. The van der Waals surface area contributed by atoms with E-state index in [2.05, 4.69) is 38.9 Å². The molecule has 3 saturated heterocycles. The van der Waals surface area contributed by atoms with Gasteiger partial charge in [0.15, 0.2) is 0 Å². The van der Waals surface area contributed by atoms with Crippen LogP contribution in [-0.2, 0) is 23.2 Å². The molecule has 1 amide bonds. The number of fused-ring (bicyclic) bond motifs is 3. The molecule has 0 aromatic carbocycles. The zero-order valence-electron chi connectivity index (χ0n) is 28.8. The van der Waals surface area contributed by atoms with E-state index >= 15 is 4.39 Å². The van der Waals surface area contributed by atoms with Crippen molar-refractivity contribution in [1.29, 1.82) is 0 Å². The molecule has 13 heteroatoms. The van der Waals surface area contributed by atoms with Crippen molar-refractivity contribution in [3.05, 3.63) is 71.2 Å². The number of pyridine rings is 3. The monoisotopic (exact) mass is 684 g/mol. The first-order valence-electron chi connectivity index (χ1n) is 17.8. The number of hydrogen-bond donors (Lipinski definition) is 2. The summed E-state index contributed by atoms with van der Waals surface area (Å²) < 4.78 is 22.6. The van der Waals surface area contributed by atoms with Crippen LogP contribution in [0.3, 0.4) is 0 Å². The first-order chi connectivity index (χ1) is 24.2. The Labute approximate surface area is 291 Å². The molecule has 1 saturated carbocycles. The van der Waals surface area contributed by atoms with Crippen LogP contribution in [-0.4, -0.2) is 98.0 Å². The third kappa shape index (κ3) is 5.55. The van der Waals surface area contributed by atoms with Gasteiger partial charge >= 0.3 is 0 Å². The van der Waals surface area contributed by atoms with Gasteiger partial charge in [0.2, 0.25) is 0 Å². The Hall–Kier alpha value is -4.33. The fourth-order valence-electron chi connectivity index (χ4n) is 8.76. The number of rotatable bonds is 7. The van der Waals surface area contributed by atoms with E-state index in [4.69, 9.17) is 4.74 Å². The third-order valence-electron chi connectivity index (χ3n) is 11.5. The predicted molar refractivity (Wildman–Crippen MR) is 189 cm³/mol. The van der Waals surface area contributed by atoms with Gasteiger partial charge in [-0.2, -0.15) is 0 Å². The molecule has 264 valence electrons. The average molecular weight is 685 g/mol. The molecule has 1 aliphatic carbocycles. The molecular formula is C37H45FN8O4. The number of carbonyl (C=O) groups excluding carboxylic acids is 1. The number of ether oxygens (including phenoxy) is 1. The van der Waals surface area contributed by atoms with Crippen molar-refractivity contribution in [2.24, 2.45) is 13.0 Å². The van der Waals surface area contributed by atoms with Crippen molar-refractivity contribution in [3.8, 4) is 11.1 Å². The minimum absolute atomic E-state index is 0.0282. The fourth-order valence-corrected chi connectivity index (χ4v) is 8.76. The minimum atomic E-state index is -1.26. The van der Waals surface area contributed by atoms with E-state index in [1.807, 2.05) is 29.4 Å². The molecule has 0 radical (unpaired) electrons. The van der Waals surface area contributed by atoms with Crippen LogP contribution in [0.1, 0.15) is 45.1 Å². The highest BCUT2D eigenvalue weighted by Gasteiger charge is 2.54. The van der Waals surface area contributed by atoms with Crippen molar-refractivity contribution in [1.82, 2.24) is 24.3 Å². The fraction of sp³-hybridized carbons (Fsp3) is 0.514. The molecule has 0 bridgehead atoms. The summed E-state index contributed by atoms with van der Waals surface area (Å²) in [7, 11) is 1.67. The third-order valence-corrected chi connectivity index (χ3v) is 11.5.